The summed E-state index contributed by atoms with van der Waals surface area (Å²) in [6, 6.07) is 12.1. The van der Waals surface area contributed by atoms with E-state index in [-0.39, 0.29) is 24.5 Å². The molecule has 3 atom stereocenters. The van der Waals surface area contributed by atoms with Crippen molar-refractivity contribution < 1.29 is 32.8 Å². The fraction of sp³-hybridized carbons (Fsp3) is 0.370. The zero-order valence-electron chi connectivity index (χ0n) is 21.6. The molecular formula is C27H34FN3O5P+. The average Bonchev–Trinajstić information content (AvgIpc) is 3.28. The normalized spacial score (nSPS) is 20.8. The summed E-state index contributed by atoms with van der Waals surface area (Å²) in [7, 11) is 1.17. The van der Waals surface area contributed by atoms with Gasteiger partial charge in [-0.2, -0.15) is 0 Å². The Morgan fingerprint density at radius 2 is 1.97 bits per heavy atom. The molecule has 4 rings (SSSR count). The van der Waals surface area contributed by atoms with Crippen molar-refractivity contribution in [2.45, 2.75) is 32.7 Å². The lowest BCUT2D eigenvalue weighted by atomic mass is 9.97. The van der Waals surface area contributed by atoms with E-state index in [1.807, 2.05) is 49.2 Å². The number of quaternary nitrogens is 1. The molecule has 2 N–H and O–H groups in total. The maximum atomic E-state index is 13.4. The summed E-state index contributed by atoms with van der Waals surface area (Å²) < 4.78 is 29.2. The van der Waals surface area contributed by atoms with Gasteiger partial charge in [0.2, 0.25) is 5.91 Å². The van der Waals surface area contributed by atoms with Crippen LogP contribution in [-0.4, -0.2) is 49.9 Å². The van der Waals surface area contributed by atoms with E-state index in [0.717, 1.165) is 39.4 Å². The number of hydrogen-bond donors (Lipinski definition) is 2. The van der Waals surface area contributed by atoms with Crippen LogP contribution in [0.5, 0.6) is 5.75 Å². The Hall–Kier alpha value is -2.81. The van der Waals surface area contributed by atoms with Gasteiger partial charge in [0.15, 0.2) is 13.4 Å². The van der Waals surface area contributed by atoms with Crippen LogP contribution in [0.15, 0.2) is 59.9 Å². The van der Waals surface area contributed by atoms with Gasteiger partial charge in [-0.05, 0) is 61.2 Å². The molecular weight excluding hydrogens is 496 g/mol. The highest BCUT2D eigenvalue weighted by atomic mass is 31.2. The lowest BCUT2D eigenvalue weighted by molar-refractivity contribution is -0.871. The molecule has 0 aliphatic carbocycles. The van der Waals surface area contributed by atoms with Gasteiger partial charge < -0.3 is 19.1 Å². The van der Waals surface area contributed by atoms with E-state index < -0.39 is 8.60 Å². The number of piperidine rings is 1. The van der Waals surface area contributed by atoms with Crippen LogP contribution in [0.4, 0.5) is 10.1 Å². The number of hydrogen-bond acceptors (Lipinski definition) is 6. The number of anilines is 1. The lowest BCUT2D eigenvalue weighted by Crippen LogP contribution is -3.09. The molecule has 37 heavy (non-hydrogen) atoms. The maximum Gasteiger partial charge on any atom is 0.334 e. The molecule has 2 aromatic carbocycles. The van der Waals surface area contributed by atoms with Gasteiger partial charge in [0.25, 0.3) is 0 Å². The molecule has 2 aromatic rings. The van der Waals surface area contributed by atoms with Crippen LogP contribution >= 0.6 is 8.60 Å². The number of carbonyl (C=O) groups excluding carboxylic acids is 1. The summed E-state index contributed by atoms with van der Waals surface area (Å²) in [5, 5.41) is 0. The first kappa shape index (κ1) is 27.2. The van der Waals surface area contributed by atoms with Crippen LogP contribution in [0.3, 0.4) is 0 Å². The van der Waals surface area contributed by atoms with Crippen molar-refractivity contribution in [1.29, 1.82) is 0 Å². The molecule has 1 saturated heterocycles. The van der Waals surface area contributed by atoms with Gasteiger partial charge in [-0.1, -0.05) is 18.2 Å². The lowest BCUT2D eigenvalue weighted by Gasteiger charge is -2.34. The summed E-state index contributed by atoms with van der Waals surface area (Å²) in [6.07, 6.45) is 5.54. The van der Waals surface area contributed by atoms with Crippen molar-refractivity contribution in [3.8, 4) is 5.75 Å². The zero-order valence-corrected chi connectivity index (χ0v) is 22.5. The number of likely N-dealkylation sites (tertiary alicyclic amines) is 1. The number of methoxy groups -OCH3 is 1. The standard InChI is InChI=1S/C27H33FN3O5P/c1-19-16-29(17-30(19)18-36-37(33)35-4)25-12-7-21(15-26(25)34-3)14-23-6-5-13-31(27(23)32)20(2)22-8-10-24(28)11-9-22/h7-12,14-16,20,33H,5-6,13,17-18H2,1-4H3/p+1/b23-14+. The van der Waals surface area contributed by atoms with E-state index >= 15 is 0 Å². The topological polar surface area (TPSA) is 75.9 Å². The first-order chi connectivity index (χ1) is 17.8. The quantitative estimate of drug-likeness (QED) is 0.378. The van der Waals surface area contributed by atoms with Gasteiger partial charge in [0, 0.05) is 26.2 Å². The van der Waals surface area contributed by atoms with E-state index in [1.54, 1.807) is 19.2 Å². The second-order valence-electron chi connectivity index (χ2n) is 9.17. The highest BCUT2D eigenvalue weighted by Gasteiger charge is 2.29. The van der Waals surface area contributed by atoms with Gasteiger partial charge >= 0.3 is 8.60 Å². The van der Waals surface area contributed by atoms with Gasteiger partial charge in [0.1, 0.15) is 17.3 Å². The Morgan fingerprint density at radius 3 is 2.68 bits per heavy atom. The highest BCUT2D eigenvalue weighted by molar-refractivity contribution is 7.40. The number of amides is 1. The predicted molar refractivity (Wildman–Crippen MR) is 141 cm³/mol. The molecule has 198 valence electrons. The number of benzene rings is 2. The molecule has 10 heteroatoms. The third kappa shape index (κ3) is 6.37. The van der Waals surface area contributed by atoms with E-state index in [9.17, 15) is 14.1 Å². The first-order valence-electron chi connectivity index (χ1n) is 12.2. The molecule has 0 bridgehead atoms. The Bertz CT molecular complexity index is 1170. The minimum Gasteiger partial charge on any atom is -0.495 e. The monoisotopic (exact) mass is 530 g/mol. The van der Waals surface area contributed by atoms with Gasteiger partial charge in [0.05, 0.1) is 25.0 Å². The number of ether oxygens (including phenoxy) is 1. The molecule has 1 amide bonds. The van der Waals surface area contributed by atoms with Crippen LogP contribution < -0.4 is 14.5 Å². The number of carbonyl (C=O) groups is 1. The summed E-state index contributed by atoms with van der Waals surface area (Å²) in [4.78, 5) is 27.9. The van der Waals surface area contributed by atoms with Crippen LogP contribution in [-0.2, 0) is 13.8 Å². The van der Waals surface area contributed by atoms with Crippen molar-refractivity contribution in [1.82, 2.24) is 4.90 Å². The minimum absolute atomic E-state index is 0.00312. The van der Waals surface area contributed by atoms with E-state index in [2.05, 4.69) is 4.90 Å². The molecule has 2 aliphatic rings. The van der Waals surface area contributed by atoms with Crippen molar-refractivity contribution in [2.24, 2.45) is 0 Å². The number of allylic oxidation sites excluding steroid dienone is 1. The fourth-order valence-corrected chi connectivity index (χ4v) is 5.05. The number of rotatable bonds is 9. The maximum absolute atomic E-state index is 13.4. The molecule has 3 unspecified atom stereocenters. The molecule has 0 radical (unpaired) electrons. The third-order valence-electron chi connectivity index (χ3n) is 6.83. The second kappa shape index (κ2) is 12.2. The number of halogens is 1. The van der Waals surface area contributed by atoms with Crippen LogP contribution in [0, 0.1) is 5.82 Å². The zero-order chi connectivity index (χ0) is 26.5. The molecule has 0 saturated carbocycles. The molecule has 1 fully saturated rings. The van der Waals surface area contributed by atoms with Crippen LogP contribution in [0.25, 0.3) is 6.08 Å². The van der Waals surface area contributed by atoms with E-state index in [1.165, 1.54) is 19.2 Å². The molecule has 8 nitrogen and oxygen atoms in total. The number of nitrogens with zero attached hydrogens (tertiary/aromatic N) is 2. The highest BCUT2D eigenvalue weighted by Crippen LogP contribution is 2.34. The van der Waals surface area contributed by atoms with Crippen molar-refractivity contribution in [2.75, 3.05) is 39.1 Å². The smallest absolute Gasteiger partial charge is 0.334 e. The molecule has 2 heterocycles. The SMILES string of the molecule is COc1cc(/C=C2\CCCN(C(C)c3ccc(F)cc3)C2=O)ccc1N1C=C(C)[NH+](COP(O)OC)C1. The van der Waals surface area contributed by atoms with Gasteiger partial charge in [-0.25, -0.2) is 4.39 Å². The summed E-state index contributed by atoms with van der Waals surface area (Å²) in [6.45, 7) is 5.55. The van der Waals surface area contributed by atoms with E-state index in [4.69, 9.17) is 13.8 Å². The van der Waals surface area contributed by atoms with E-state index in [0.29, 0.717) is 25.4 Å². The Kier molecular flexibility index (Phi) is 8.95. The van der Waals surface area contributed by atoms with Gasteiger partial charge in [-0.15, -0.1) is 0 Å². The number of nitrogens with one attached hydrogen (secondary N) is 1. The summed E-state index contributed by atoms with van der Waals surface area (Å²) >= 11 is 0. The Balaban J connectivity index is 1.49. The molecule has 0 spiro atoms. The predicted octanol–water partition coefficient (Wildman–Crippen LogP) is 3.96. The van der Waals surface area contributed by atoms with Crippen molar-refractivity contribution in [3.05, 3.63) is 76.9 Å². The van der Waals surface area contributed by atoms with Crippen molar-refractivity contribution in [3.63, 3.8) is 0 Å². The minimum atomic E-state index is -1.87. The fourth-order valence-electron chi connectivity index (χ4n) is 4.68. The Morgan fingerprint density at radius 1 is 1.22 bits per heavy atom. The average molecular weight is 531 g/mol. The van der Waals surface area contributed by atoms with Crippen LogP contribution in [0.1, 0.15) is 43.9 Å². The van der Waals surface area contributed by atoms with Crippen molar-refractivity contribution >= 4 is 26.3 Å². The van der Waals surface area contributed by atoms with Gasteiger partial charge in [-0.3, -0.25) is 19.1 Å². The summed E-state index contributed by atoms with van der Waals surface area (Å²) in [5.41, 5.74) is 4.52. The summed E-state index contributed by atoms with van der Waals surface area (Å²) in [5.74, 6) is 0.414. The van der Waals surface area contributed by atoms with Crippen LogP contribution in [0.2, 0.25) is 0 Å². The molecule has 0 aromatic heterocycles. The second-order valence-corrected chi connectivity index (χ2v) is 10.3. The molecule has 2 aliphatic heterocycles. The first-order valence-corrected chi connectivity index (χ1v) is 13.3. The largest absolute Gasteiger partial charge is 0.495 e. The third-order valence-corrected chi connectivity index (χ3v) is 7.49. The Labute approximate surface area is 218 Å².